The number of piperazine rings is 1. The van der Waals surface area contributed by atoms with Crippen molar-refractivity contribution >= 4 is 79.9 Å². The SMILES string of the molecule is Cc1ncsc1-c1ccc(CNC(=O)[C@@H]2C[C@@H](O)CN2C(=O)[C@@H](NC(=O)C2(F)CC2)C(C)(C)C)c(OCC2CCC(COc3nc(Nc4cc(S(C)(=O)=O)ccc4N[C@@H](c4cccc5c4OC(F)(F)O5)c4ncccc4Cl)nc(N4CCN(C(=O)OC(C)(C)C)CC4)n3)CC2)c1. The van der Waals surface area contributed by atoms with E-state index in [4.69, 9.17) is 50.2 Å². The molecule has 3 aliphatic heterocycles. The van der Waals surface area contributed by atoms with Gasteiger partial charge in [-0.25, -0.2) is 22.6 Å². The van der Waals surface area contributed by atoms with E-state index in [9.17, 15) is 45.9 Å². The zero-order valence-electron chi connectivity index (χ0n) is 54.4. The normalized spacial score (nSPS) is 20.4. The maximum atomic E-state index is 14.8. The summed E-state index contributed by atoms with van der Waals surface area (Å²) in [5, 5.41) is 23.1. The molecule has 4 amide bonds. The zero-order chi connectivity index (χ0) is 68.6. The fourth-order valence-electron chi connectivity index (χ4n) is 11.9. The number of anilines is 4. The van der Waals surface area contributed by atoms with Gasteiger partial charge in [0.15, 0.2) is 27.0 Å². The average molecular weight is 1390 g/mol. The number of thiazole rings is 1. The Morgan fingerprint density at radius 1 is 0.865 bits per heavy atom. The first kappa shape index (κ1) is 69.1. The summed E-state index contributed by atoms with van der Waals surface area (Å²) in [6.07, 6.45) is 0.242. The van der Waals surface area contributed by atoms with Gasteiger partial charge in [-0.3, -0.25) is 19.4 Å². The van der Waals surface area contributed by atoms with E-state index in [1.807, 2.05) is 30.0 Å². The predicted octanol–water partition coefficient (Wildman–Crippen LogP) is 9.95. The van der Waals surface area contributed by atoms with E-state index < -0.39 is 80.9 Å². The molecule has 3 aromatic heterocycles. The van der Waals surface area contributed by atoms with Gasteiger partial charge in [0.05, 0.1) is 68.4 Å². The number of carbonyl (C=O) groups excluding carboxylic acids is 4. The third-order valence-electron chi connectivity index (χ3n) is 17.4. The number of nitrogens with one attached hydrogen (secondary N) is 4. The summed E-state index contributed by atoms with van der Waals surface area (Å²) in [7, 11) is -3.84. The number of rotatable bonds is 21. The number of ether oxygens (including phenoxy) is 5. The number of aliphatic hydroxyl groups excluding tert-OH is 1. The van der Waals surface area contributed by atoms with Crippen LogP contribution >= 0.6 is 22.9 Å². The molecule has 24 nitrogen and oxygen atoms in total. The van der Waals surface area contributed by atoms with Gasteiger partial charge in [0.1, 0.15) is 23.4 Å². The van der Waals surface area contributed by atoms with Gasteiger partial charge in [-0.2, -0.15) is 15.0 Å². The summed E-state index contributed by atoms with van der Waals surface area (Å²) in [6, 6.07) is 14.2. The lowest BCUT2D eigenvalue weighted by atomic mass is 9.83. The first-order chi connectivity index (χ1) is 45.4. The monoisotopic (exact) mass is 1390 g/mol. The Balaban J connectivity index is 0.794. The van der Waals surface area contributed by atoms with E-state index in [-0.39, 0.29) is 126 Å². The van der Waals surface area contributed by atoms with E-state index in [2.05, 4.69) is 31.2 Å². The van der Waals surface area contributed by atoms with E-state index >= 15 is 0 Å². The number of aromatic nitrogens is 5. The lowest BCUT2D eigenvalue weighted by Gasteiger charge is -2.35. The molecular weight excluding hydrogens is 1310 g/mol. The van der Waals surface area contributed by atoms with Crippen LogP contribution < -0.4 is 45.1 Å². The van der Waals surface area contributed by atoms with E-state index in [0.29, 0.717) is 31.0 Å². The molecule has 30 heteroatoms. The van der Waals surface area contributed by atoms with Crippen LogP contribution in [0, 0.1) is 24.2 Å². The molecule has 11 rings (SSSR count). The van der Waals surface area contributed by atoms with Crippen LogP contribution in [0.1, 0.15) is 115 Å². The molecule has 6 heterocycles. The van der Waals surface area contributed by atoms with Crippen molar-refractivity contribution in [1.29, 1.82) is 0 Å². The van der Waals surface area contributed by atoms with Crippen molar-refractivity contribution in [1.82, 2.24) is 45.4 Å². The second kappa shape index (κ2) is 27.7. The molecule has 3 aromatic carbocycles. The van der Waals surface area contributed by atoms with Crippen LogP contribution in [0.25, 0.3) is 10.4 Å². The number of hydrogen-bond donors (Lipinski definition) is 5. The maximum absolute atomic E-state index is 14.8. The highest BCUT2D eigenvalue weighted by molar-refractivity contribution is 7.90. The van der Waals surface area contributed by atoms with Gasteiger partial charge in [-0.05, 0) is 131 Å². The van der Waals surface area contributed by atoms with Gasteiger partial charge in [0.2, 0.25) is 23.7 Å². The number of hydrogen-bond acceptors (Lipinski definition) is 21. The third kappa shape index (κ3) is 16.4. The highest BCUT2D eigenvalue weighted by Crippen LogP contribution is 2.48. The molecule has 4 fully saturated rings. The zero-order valence-corrected chi connectivity index (χ0v) is 56.8. The molecule has 0 bridgehead atoms. The highest BCUT2D eigenvalue weighted by atomic mass is 35.5. The fourth-order valence-corrected chi connectivity index (χ4v) is 13.6. The first-order valence-electron chi connectivity index (χ1n) is 31.8. The number of para-hydroxylation sites is 1. The molecule has 0 unspecified atom stereocenters. The first-order valence-corrected chi connectivity index (χ1v) is 34.9. The second-order valence-electron chi connectivity index (χ2n) is 27.0. The van der Waals surface area contributed by atoms with Crippen LogP contribution in [0.15, 0.2) is 83.3 Å². The standard InChI is InChI=1S/C66H78ClF3N12O12S2/c1-37-54(95-36-73-37)40-18-19-41(32-72-56(84)48-30-42(83)33-82(48)57(85)55(63(2,3)4)76-58(86)65(68)22-23-65)50(29-40)90-34-38-14-16-39(17-15-38)35-91-61-78-59(77-60(79-61)80-25-27-81(28-26-80)62(87)94-64(5,6)7)75-47-31-43(96(8,88)89)20-21-46(47)74-51(52-45(67)12-10-24-71-52)44-11-9-13-49-53(44)93-66(69,70)92-49/h9-13,18-21,24,29,31,36,38-39,42,48,51,55,74,83H,14-17,22-23,25-28,30,32-35H2,1-8H3,(H,72,84)(H,76,86)(H,75,77,78,79)/t38?,39?,42-,48+,51+,55-/m1/s1. The Hall–Kier alpha value is -8.28. The Morgan fingerprint density at radius 2 is 1.58 bits per heavy atom. The number of β-amino-alcohol motifs (C(OH)–C–C–N with tert-alkyl or cyclic N) is 1. The molecule has 5 aliphatic rings. The smallest absolute Gasteiger partial charge is 0.493 e. The molecule has 2 saturated carbocycles. The van der Waals surface area contributed by atoms with E-state index in [0.717, 1.165) is 48.1 Å². The molecule has 6 aromatic rings. The fraction of sp³-hybridized carbons (Fsp3) is 0.500. The van der Waals surface area contributed by atoms with Crippen molar-refractivity contribution in [3.63, 3.8) is 0 Å². The average Bonchev–Trinajstić information content (AvgIpc) is 1.69. The minimum Gasteiger partial charge on any atom is -0.493 e. The molecule has 0 spiro atoms. The van der Waals surface area contributed by atoms with Crippen molar-refractivity contribution in [2.24, 2.45) is 17.3 Å². The number of sulfone groups is 1. The number of likely N-dealkylation sites (tertiary alicyclic amines) is 1. The van der Waals surface area contributed by atoms with Crippen molar-refractivity contribution in [3.05, 3.63) is 106 Å². The summed E-state index contributed by atoms with van der Waals surface area (Å²) in [5.41, 5.74) is 1.35. The molecule has 96 heavy (non-hydrogen) atoms. The predicted molar refractivity (Wildman–Crippen MR) is 351 cm³/mol. The molecule has 2 aliphatic carbocycles. The minimum atomic E-state index is -3.97. The lowest BCUT2D eigenvalue weighted by Crippen LogP contribution is -2.59. The summed E-state index contributed by atoms with van der Waals surface area (Å²) >= 11 is 8.25. The van der Waals surface area contributed by atoms with E-state index in [1.165, 1.54) is 52.8 Å². The number of benzene rings is 3. The van der Waals surface area contributed by atoms with Crippen LogP contribution in [0.5, 0.6) is 23.3 Å². The second-order valence-corrected chi connectivity index (χ2v) is 30.3. The maximum Gasteiger partial charge on any atom is 0.586 e. The van der Waals surface area contributed by atoms with Crippen LogP contribution in [0.3, 0.4) is 0 Å². The third-order valence-corrected chi connectivity index (χ3v) is 19.8. The Labute approximate surface area is 563 Å². The number of amides is 4. The molecule has 5 N–H and O–H groups in total. The topological polar surface area (TPSA) is 291 Å². The van der Waals surface area contributed by atoms with Gasteiger partial charge in [-0.1, -0.05) is 56.6 Å². The van der Waals surface area contributed by atoms with Gasteiger partial charge in [0.25, 0.3) is 5.91 Å². The summed E-state index contributed by atoms with van der Waals surface area (Å²) in [5.74, 6) is -1.58. The van der Waals surface area contributed by atoms with Crippen LogP contribution in [-0.2, 0) is 35.5 Å². The number of pyridine rings is 1. The van der Waals surface area contributed by atoms with E-state index in [1.54, 1.807) is 70.2 Å². The largest absolute Gasteiger partial charge is 0.586 e. The summed E-state index contributed by atoms with van der Waals surface area (Å²) in [6.45, 7) is 14.1. The quantitative estimate of drug-likeness (QED) is 0.0448. The lowest BCUT2D eigenvalue weighted by molar-refractivity contribution is -0.287. The van der Waals surface area contributed by atoms with Gasteiger partial charge < -0.3 is 64.8 Å². The Kier molecular flexibility index (Phi) is 19.9. The number of fused-ring (bicyclic) bond motifs is 1. The van der Waals surface area contributed by atoms with Gasteiger partial charge in [0, 0.05) is 69.3 Å². The number of alkyl halides is 3. The van der Waals surface area contributed by atoms with Gasteiger partial charge in [-0.15, -0.1) is 20.1 Å². The molecule has 0 radical (unpaired) electrons. The number of aliphatic hydroxyl groups is 1. The number of aryl methyl sites for hydroxylation is 1. The Bertz CT molecular complexity index is 4010. The van der Waals surface area contributed by atoms with Crippen molar-refractivity contribution in [2.45, 2.75) is 147 Å². The summed E-state index contributed by atoms with van der Waals surface area (Å²) in [4.78, 5) is 83.1. The Morgan fingerprint density at radius 3 is 2.24 bits per heavy atom. The van der Waals surface area contributed by atoms with Crippen molar-refractivity contribution < 1.29 is 69.6 Å². The van der Waals surface area contributed by atoms with Gasteiger partial charge >= 0.3 is 18.4 Å². The molecule has 4 atom stereocenters. The number of carbonyl (C=O) groups is 4. The van der Waals surface area contributed by atoms with Crippen LogP contribution in [0.4, 0.5) is 41.2 Å². The van der Waals surface area contributed by atoms with Crippen LogP contribution in [0.2, 0.25) is 5.02 Å². The number of nitrogens with zero attached hydrogens (tertiary/aromatic N) is 8. The molecular formula is C66H78ClF3N12O12S2. The van der Waals surface area contributed by atoms with Crippen molar-refractivity contribution in [3.8, 4) is 33.7 Å². The van der Waals surface area contributed by atoms with Crippen LogP contribution in [-0.4, -0.2) is 160 Å². The molecule has 514 valence electrons. The number of halogens is 4. The summed E-state index contributed by atoms with van der Waals surface area (Å²) < 4.78 is 99.2. The highest BCUT2D eigenvalue weighted by Gasteiger charge is 2.54. The minimum absolute atomic E-state index is 0.0251. The molecule has 2 saturated heterocycles. The van der Waals surface area contributed by atoms with Crippen molar-refractivity contribution in [2.75, 3.05) is 67.7 Å².